The Morgan fingerprint density at radius 2 is 2.10 bits per heavy atom. The van der Waals surface area contributed by atoms with Crippen LogP contribution in [0.3, 0.4) is 0 Å². The number of nitrogens with zero attached hydrogens (tertiary/aromatic N) is 2. The van der Waals surface area contributed by atoms with Crippen molar-refractivity contribution in [3.63, 3.8) is 0 Å². The van der Waals surface area contributed by atoms with E-state index in [0.29, 0.717) is 12.1 Å². The van der Waals surface area contributed by atoms with Gasteiger partial charge in [0.2, 0.25) is 0 Å². The molecule has 0 aliphatic rings. The van der Waals surface area contributed by atoms with Gasteiger partial charge >= 0.3 is 0 Å². The van der Waals surface area contributed by atoms with Crippen LogP contribution in [-0.2, 0) is 13.0 Å². The molecule has 1 atom stereocenters. The van der Waals surface area contributed by atoms with Crippen LogP contribution in [0, 0.1) is 5.82 Å². The third-order valence-corrected chi connectivity index (χ3v) is 3.39. The summed E-state index contributed by atoms with van der Waals surface area (Å²) in [6.07, 6.45) is 5.79. The SMILES string of the molecule is CCCc1nccn1CC(NCC)c1ccccc1F. The van der Waals surface area contributed by atoms with E-state index in [1.165, 1.54) is 6.07 Å². The Bertz CT molecular complexity index is 536. The number of hydrogen-bond donors (Lipinski definition) is 1. The summed E-state index contributed by atoms with van der Waals surface area (Å²) in [4.78, 5) is 4.38. The van der Waals surface area contributed by atoms with Crippen LogP contribution in [0.15, 0.2) is 36.7 Å². The van der Waals surface area contributed by atoms with Crippen LogP contribution in [0.25, 0.3) is 0 Å². The lowest BCUT2D eigenvalue weighted by Crippen LogP contribution is -2.26. The maximum Gasteiger partial charge on any atom is 0.128 e. The Morgan fingerprint density at radius 3 is 2.80 bits per heavy atom. The largest absolute Gasteiger partial charge is 0.333 e. The summed E-state index contributed by atoms with van der Waals surface area (Å²) in [6.45, 7) is 5.67. The molecular weight excluding hydrogens is 253 g/mol. The molecule has 20 heavy (non-hydrogen) atoms. The first-order chi connectivity index (χ1) is 9.76. The van der Waals surface area contributed by atoms with Crippen LogP contribution in [0.5, 0.6) is 0 Å². The van der Waals surface area contributed by atoms with Gasteiger partial charge in [0, 0.05) is 30.9 Å². The molecule has 2 aromatic rings. The highest BCUT2D eigenvalue weighted by Crippen LogP contribution is 2.19. The Balaban J connectivity index is 2.21. The number of aryl methyl sites for hydroxylation is 1. The van der Waals surface area contributed by atoms with E-state index >= 15 is 0 Å². The highest BCUT2D eigenvalue weighted by molar-refractivity contribution is 5.21. The van der Waals surface area contributed by atoms with E-state index in [0.717, 1.165) is 25.2 Å². The molecule has 1 aromatic carbocycles. The second-order valence-corrected chi connectivity index (χ2v) is 4.88. The van der Waals surface area contributed by atoms with Gasteiger partial charge in [0.15, 0.2) is 0 Å². The van der Waals surface area contributed by atoms with Crippen molar-refractivity contribution in [2.24, 2.45) is 0 Å². The molecule has 0 radical (unpaired) electrons. The zero-order valence-electron chi connectivity index (χ0n) is 12.1. The predicted octanol–water partition coefficient (Wildman–Crippen LogP) is 3.33. The van der Waals surface area contributed by atoms with Crippen LogP contribution >= 0.6 is 0 Å². The first kappa shape index (κ1) is 14.7. The van der Waals surface area contributed by atoms with Crippen LogP contribution in [0.1, 0.15) is 37.7 Å². The fourth-order valence-electron chi connectivity index (χ4n) is 2.43. The molecule has 0 amide bonds. The topological polar surface area (TPSA) is 29.9 Å². The normalized spacial score (nSPS) is 12.6. The summed E-state index contributed by atoms with van der Waals surface area (Å²) < 4.78 is 16.1. The molecule has 4 heteroatoms. The summed E-state index contributed by atoms with van der Waals surface area (Å²) in [5.74, 6) is 0.905. The minimum atomic E-state index is -0.157. The Labute approximate surface area is 119 Å². The maximum absolute atomic E-state index is 14.0. The minimum Gasteiger partial charge on any atom is -0.333 e. The molecule has 0 saturated carbocycles. The van der Waals surface area contributed by atoms with Crippen molar-refractivity contribution in [3.8, 4) is 0 Å². The monoisotopic (exact) mass is 275 g/mol. The second kappa shape index (κ2) is 7.20. The molecule has 1 heterocycles. The van der Waals surface area contributed by atoms with Gasteiger partial charge in [-0.05, 0) is 19.0 Å². The highest BCUT2D eigenvalue weighted by atomic mass is 19.1. The van der Waals surface area contributed by atoms with Crippen molar-refractivity contribution in [1.29, 1.82) is 0 Å². The maximum atomic E-state index is 14.0. The van der Waals surface area contributed by atoms with Gasteiger partial charge in [0.05, 0.1) is 6.04 Å². The molecule has 0 spiro atoms. The average molecular weight is 275 g/mol. The quantitative estimate of drug-likeness (QED) is 0.840. The van der Waals surface area contributed by atoms with Crippen LogP contribution in [0.2, 0.25) is 0 Å². The summed E-state index contributed by atoms with van der Waals surface area (Å²) in [5.41, 5.74) is 0.713. The molecule has 1 aromatic heterocycles. The lowest BCUT2D eigenvalue weighted by atomic mass is 10.1. The van der Waals surface area contributed by atoms with Crippen molar-refractivity contribution in [3.05, 3.63) is 53.9 Å². The number of halogens is 1. The van der Waals surface area contributed by atoms with Crippen molar-refractivity contribution in [1.82, 2.24) is 14.9 Å². The van der Waals surface area contributed by atoms with Crippen LogP contribution < -0.4 is 5.32 Å². The van der Waals surface area contributed by atoms with Gasteiger partial charge in [-0.1, -0.05) is 32.0 Å². The molecule has 108 valence electrons. The van der Waals surface area contributed by atoms with E-state index in [4.69, 9.17) is 0 Å². The number of rotatable bonds is 7. The molecule has 0 aliphatic heterocycles. The van der Waals surface area contributed by atoms with Gasteiger partial charge in [-0.25, -0.2) is 9.37 Å². The second-order valence-electron chi connectivity index (χ2n) is 4.88. The molecule has 0 fully saturated rings. The highest BCUT2D eigenvalue weighted by Gasteiger charge is 2.16. The Morgan fingerprint density at radius 1 is 1.30 bits per heavy atom. The number of hydrogen-bond acceptors (Lipinski definition) is 2. The summed E-state index contributed by atoms with van der Waals surface area (Å²) in [5, 5.41) is 3.36. The fraction of sp³-hybridized carbons (Fsp3) is 0.438. The molecule has 0 saturated heterocycles. The summed E-state index contributed by atoms with van der Waals surface area (Å²) >= 11 is 0. The molecular formula is C16H22FN3. The minimum absolute atomic E-state index is 0.0361. The first-order valence-electron chi connectivity index (χ1n) is 7.24. The van der Waals surface area contributed by atoms with E-state index in [9.17, 15) is 4.39 Å². The van der Waals surface area contributed by atoms with Gasteiger partial charge in [-0.2, -0.15) is 0 Å². The molecule has 0 aliphatic carbocycles. The van der Waals surface area contributed by atoms with E-state index in [2.05, 4.69) is 21.8 Å². The molecule has 2 rings (SSSR count). The van der Waals surface area contributed by atoms with E-state index in [1.807, 2.05) is 31.5 Å². The standard InChI is InChI=1S/C16H22FN3/c1-3-7-16-19-10-11-20(16)12-15(18-4-2)13-8-5-6-9-14(13)17/h5-6,8-11,15,18H,3-4,7,12H2,1-2H3. The average Bonchev–Trinajstić information content (AvgIpc) is 2.87. The van der Waals surface area contributed by atoms with Crippen molar-refractivity contribution in [2.75, 3.05) is 6.54 Å². The lowest BCUT2D eigenvalue weighted by Gasteiger charge is -2.20. The Hall–Kier alpha value is -1.68. The van der Waals surface area contributed by atoms with Gasteiger partial charge in [-0.15, -0.1) is 0 Å². The lowest BCUT2D eigenvalue weighted by molar-refractivity contribution is 0.445. The van der Waals surface area contributed by atoms with Crippen molar-refractivity contribution < 1.29 is 4.39 Å². The van der Waals surface area contributed by atoms with Crippen LogP contribution in [0.4, 0.5) is 4.39 Å². The van der Waals surface area contributed by atoms with Crippen molar-refractivity contribution in [2.45, 2.75) is 39.3 Å². The fourth-order valence-corrected chi connectivity index (χ4v) is 2.43. The smallest absolute Gasteiger partial charge is 0.128 e. The summed E-state index contributed by atoms with van der Waals surface area (Å²) in [6, 6.07) is 6.93. The number of nitrogens with one attached hydrogen (secondary N) is 1. The van der Waals surface area contributed by atoms with Crippen LogP contribution in [-0.4, -0.2) is 16.1 Å². The summed E-state index contributed by atoms with van der Waals surface area (Å²) in [7, 11) is 0. The van der Waals surface area contributed by atoms with Gasteiger partial charge in [0.25, 0.3) is 0 Å². The van der Waals surface area contributed by atoms with E-state index in [-0.39, 0.29) is 11.9 Å². The first-order valence-corrected chi connectivity index (χ1v) is 7.24. The number of likely N-dealkylation sites (N-methyl/N-ethyl adjacent to an activating group) is 1. The zero-order chi connectivity index (χ0) is 14.4. The van der Waals surface area contributed by atoms with E-state index in [1.54, 1.807) is 6.07 Å². The third kappa shape index (κ3) is 3.45. The predicted molar refractivity (Wildman–Crippen MR) is 79.0 cm³/mol. The number of benzene rings is 1. The number of aromatic nitrogens is 2. The molecule has 0 bridgehead atoms. The molecule has 1 N–H and O–H groups in total. The molecule has 3 nitrogen and oxygen atoms in total. The van der Waals surface area contributed by atoms with Gasteiger partial charge in [-0.3, -0.25) is 0 Å². The zero-order valence-corrected chi connectivity index (χ0v) is 12.1. The van der Waals surface area contributed by atoms with Gasteiger partial charge in [0.1, 0.15) is 11.6 Å². The van der Waals surface area contributed by atoms with Gasteiger partial charge < -0.3 is 9.88 Å². The third-order valence-electron chi connectivity index (χ3n) is 3.39. The van der Waals surface area contributed by atoms with E-state index < -0.39 is 0 Å². The molecule has 1 unspecified atom stereocenters. The number of imidazole rings is 1. The Kier molecular flexibility index (Phi) is 5.30. The van der Waals surface area contributed by atoms with Crippen molar-refractivity contribution >= 4 is 0 Å².